The highest BCUT2D eigenvalue weighted by molar-refractivity contribution is 7.89. The summed E-state index contributed by atoms with van der Waals surface area (Å²) in [4.78, 5) is 15.6. The van der Waals surface area contributed by atoms with Gasteiger partial charge in [0.15, 0.2) is 0 Å². The van der Waals surface area contributed by atoms with Gasteiger partial charge in [-0.3, -0.25) is 4.79 Å². The van der Waals surface area contributed by atoms with Crippen molar-refractivity contribution in [2.45, 2.75) is 24.2 Å². The van der Waals surface area contributed by atoms with E-state index in [1.54, 1.807) is 24.3 Å². The van der Waals surface area contributed by atoms with Crippen molar-refractivity contribution in [2.24, 2.45) is 0 Å². The van der Waals surface area contributed by atoms with E-state index in [-0.39, 0.29) is 10.5 Å². The third-order valence-electron chi connectivity index (χ3n) is 5.41. The molecule has 0 spiro atoms. The molecule has 0 aliphatic carbocycles. The zero-order valence-corrected chi connectivity index (χ0v) is 20.2. The Bertz CT molecular complexity index is 1100. The fraction of sp³-hybridized carbons (Fsp3) is 0.409. The highest BCUT2D eigenvalue weighted by atomic mass is 35.5. The molecular weight excluding hydrogens is 454 g/mol. The van der Waals surface area contributed by atoms with E-state index in [4.69, 9.17) is 21.1 Å². The quantitative estimate of drug-likeness (QED) is 0.646. The molecule has 1 heterocycles. The summed E-state index contributed by atoms with van der Waals surface area (Å²) < 4.78 is 37.1. The number of ether oxygens (including phenoxy) is 2. The van der Waals surface area contributed by atoms with Gasteiger partial charge in [-0.05, 0) is 37.5 Å². The number of sulfonamides is 1. The van der Waals surface area contributed by atoms with Gasteiger partial charge in [-0.25, -0.2) is 12.7 Å². The van der Waals surface area contributed by atoms with Gasteiger partial charge >= 0.3 is 0 Å². The lowest BCUT2D eigenvalue weighted by molar-refractivity contribution is 0.102. The molecule has 1 aliphatic rings. The number of methoxy groups -OCH3 is 2. The van der Waals surface area contributed by atoms with E-state index in [0.29, 0.717) is 27.9 Å². The molecule has 174 valence electrons. The van der Waals surface area contributed by atoms with Gasteiger partial charge in [-0.15, -0.1) is 0 Å². The first-order valence-corrected chi connectivity index (χ1v) is 12.0. The Morgan fingerprint density at radius 1 is 1.03 bits per heavy atom. The Balaban J connectivity index is 2.06. The molecule has 0 unspecified atom stereocenters. The molecule has 10 heteroatoms. The van der Waals surface area contributed by atoms with Crippen LogP contribution in [0.5, 0.6) is 11.5 Å². The number of carbonyl (C=O) groups is 1. The van der Waals surface area contributed by atoms with Crippen LogP contribution in [0.2, 0.25) is 5.02 Å². The molecule has 0 aromatic heterocycles. The Kier molecular flexibility index (Phi) is 7.53. The van der Waals surface area contributed by atoms with E-state index < -0.39 is 15.9 Å². The summed E-state index contributed by atoms with van der Waals surface area (Å²) in [5.74, 6) is 0.285. The van der Waals surface area contributed by atoms with Crippen molar-refractivity contribution in [1.82, 2.24) is 4.31 Å². The fourth-order valence-corrected chi connectivity index (χ4v) is 4.79. The fourth-order valence-electron chi connectivity index (χ4n) is 3.63. The van der Waals surface area contributed by atoms with E-state index in [1.165, 1.54) is 34.4 Å². The van der Waals surface area contributed by atoms with Crippen LogP contribution < -0.4 is 19.7 Å². The molecule has 1 saturated heterocycles. The molecule has 8 nitrogen and oxygen atoms in total. The second-order valence-electron chi connectivity index (χ2n) is 7.66. The largest absolute Gasteiger partial charge is 0.495 e. The molecule has 0 bridgehead atoms. The summed E-state index contributed by atoms with van der Waals surface area (Å²) in [7, 11) is 2.15. The van der Waals surface area contributed by atoms with Crippen LogP contribution in [-0.2, 0) is 10.0 Å². The van der Waals surface area contributed by atoms with Crippen molar-refractivity contribution >= 4 is 38.9 Å². The topological polar surface area (TPSA) is 88.2 Å². The van der Waals surface area contributed by atoms with Gasteiger partial charge in [0.1, 0.15) is 11.5 Å². The van der Waals surface area contributed by atoms with Crippen LogP contribution in [0, 0.1) is 0 Å². The predicted molar refractivity (Wildman–Crippen MR) is 126 cm³/mol. The van der Waals surface area contributed by atoms with E-state index >= 15 is 0 Å². The smallest absolute Gasteiger partial charge is 0.257 e. The Morgan fingerprint density at radius 2 is 1.69 bits per heavy atom. The summed E-state index contributed by atoms with van der Waals surface area (Å²) in [6.07, 6.45) is 3.16. The Hall–Kier alpha value is -2.49. The molecular formula is C22H28ClN3O5S. The molecule has 1 aliphatic heterocycles. The van der Waals surface area contributed by atoms with E-state index in [2.05, 4.69) is 10.2 Å². The number of carbonyl (C=O) groups excluding carboxylic acids is 1. The number of rotatable bonds is 7. The van der Waals surface area contributed by atoms with Crippen molar-refractivity contribution < 1.29 is 22.7 Å². The number of benzene rings is 2. The molecule has 1 amide bonds. The van der Waals surface area contributed by atoms with Crippen molar-refractivity contribution in [3.63, 3.8) is 0 Å². The van der Waals surface area contributed by atoms with Gasteiger partial charge < -0.3 is 19.7 Å². The molecule has 2 aromatic carbocycles. The van der Waals surface area contributed by atoms with Gasteiger partial charge in [0.25, 0.3) is 5.91 Å². The van der Waals surface area contributed by atoms with Gasteiger partial charge in [0.05, 0.1) is 35.4 Å². The maximum Gasteiger partial charge on any atom is 0.257 e. The lowest BCUT2D eigenvalue weighted by Crippen LogP contribution is -2.32. The van der Waals surface area contributed by atoms with E-state index in [1.807, 2.05) is 0 Å². The van der Waals surface area contributed by atoms with Gasteiger partial charge in [-0.1, -0.05) is 11.6 Å². The van der Waals surface area contributed by atoms with E-state index in [0.717, 1.165) is 36.7 Å². The maximum absolute atomic E-state index is 13.4. The zero-order chi connectivity index (χ0) is 23.5. The molecule has 0 saturated carbocycles. The summed E-state index contributed by atoms with van der Waals surface area (Å²) in [6.45, 7) is 1.61. The molecule has 32 heavy (non-hydrogen) atoms. The third kappa shape index (κ3) is 4.95. The molecule has 0 atom stereocenters. The molecule has 1 N–H and O–H groups in total. The average Bonchev–Trinajstić information content (AvgIpc) is 2.79. The number of piperidine rings is 1. The summed E-state index contributed by atoms with van der Waals surface area (Å²) in [5, 5.41) is 3.17. The second kappa shape index (κ2) is 9.97. The second-order valence-corrected chi connectivity index (χ2v) is 10.2. The van der Waals surface area contributed by atoms with Crippen LogP contribution in [0.3, 0.4) is 0 Å². The lowest BCUT2D eigenvalue weighted by atomic mass is 10.1. The number of anilines is 2. The van der Waals surface area contributed by atoms with Crippen LogP contribution in [0.4, 0.5) is 11.4 Å². The molecule has 3 rings (SSSR count). The summed E-state index contributed by atoms with van der Waals surface area (Å²) >= 11 is 6.17. The number of nitrogens with one attached hydrogen (secondary N) is 1. The zero-order valence-electron chi connectivity index (χ0n) is 18.6. The van der Waals surface area contributed by atoms with Crippen LogP contribution in [0.1, 0.15) is 29.6 Å². The van der Waals surface area contributed by atoms with Gasteiger partial charge in [0.2, 0.25) is 10.0 Å². The standard InChI is InChI=1S/C22H28ClN3O5S/c1-25(2)32(28,29)15-8-9-19(26-10-6-5-7-11-26)16(12-15)22(27)24-18-14-20(30-3)17(23)13-21(18)31-4/h8-9,12-14H,5-7,10-11H2,1-4H3,(H,24,27). The van der Waals surface area contributed by atoms with Crippen molar-refractivity contribution in [1.29, 1.82) is 0 Å². The SMILES string of the molecule is COc1cc(NC(=O)c2cc(S(=O)(=O)N(C)C)ccc2N2CCCCC2)c(OC)cc1Cl. The first-order valence-electron chi connectivity index (χ1n) is 10.2. The van der Waals surface area contributed by atoms with Crippen molar-refractivity contribution in [3.05, 3.63) is 40.9 Å². The predicted octanol–water partition coefficient (Wildman–Crippen LogP) is 3.85. The van der Waals surface area contributed by atoms with Crippen molar-refractivity contribution in [3.8, 4) is 11.5 Å². The number of halogens is 1. The minimum Gasteiger partial charge on any atom is -0.495 e. The highest BCUT2D eigenvalue weighted by Gasteiger charge is 2.25. The third-order valence-corrected chi connectivity index (χ3v) is 7.52. The molecule has 2 aromatic rings. The molecule has 1 fully saturated rings. The monoisotopic (exact) mass is 481 g/mol. The summed E-state index contributed by atoms with van der Waals surface area (Å²) in [6, 6.07) is 7.79. The molecule has 0 radical (unpaired) electrons. The minimum absolute atomic E-state index is 0.0501. The number of nitrogens with zero attached hydrogens (tertiary/aromatic N) is 2. The first-order chi connectivity index (χ1) is 15.2. The highest BCUT2D eigenvalue weighted by Crippen LogP contribution is 2.37. The maximum atomic E-state index is 13.4. The van der Waals surface area contributed by atoms with E-state index in [9.17, 15) is 13.2 Å². The average molecular weight is 482 g/mol. The number of hydrogen-bond donors (Lipinski definition) is 1. The Labute approximate surface area is 194 Å². The van der Waals surface area contributed by atoms with Crippen molar-refractivity contribution in [2.75, 3.05) is 51.6 Å². The van der Waals surface area contributed by atoms with Crippen LogP contribution >= 0.6 is 11.6 Å². The number of amides is 1. The normalized spacial score (nSPS) is 14.4. The Morgan fingerprint density at radius 3 is 2.28 bits per heavy atom. The summed E-state index contributed by atoms with van der Waals surface area (Å²) in [5.41, 5.74) is 1.33. The van der Waals surface area contributed by atoms with Gasteiger partial charge in [-0.2, -0.15) is 0 Å². The van der Waals surface area contributed by atoms with Gasteiger partial charge in [0, 0.05) is 45.0 Å². The lowest BCUT2D eigenvalue weighted by Gasteiger charge is -2.30. The van der Waals surface area contributed by atoms with Crippen LogP contribution in [0.15, 0.2) is 35.2 Å². The van der Waals surface area contributed by atoms with Crippen LogP contribution in [0.25, 0.3) is 0 Å². The number of hydrogen-bond acceptors (Lipinski definition) is 6. The first kappa shape index (κ1) is 24.2. The van der Waals surface area contributed by atoms with Crippen LogP contribution in [-0.4, -0.2) is 60.0 Å². The minimum atomic E-state index is -3.71.